The zero-order valence-electron chi connectivity index (χ0n) is 23.3. The lowest BCUT2D eigenvalue weighted by molar-refractivity contribution is -0.385. The molecule has 0 radical (unpaired) electrons. The fraction of sp³-hybridized carbons (Fsp3) is 0.458. The molecule has 1 heterocycles. The van der Waals surface area contributed by atoms with Crippen LogP contribution in [0.3, 0.4) is 0 Å². The van der Waals surface area contributed by atoms with Crippen molar-refractivity contribution in [1.82, 2.24) is 21.3 Å². The van der Waals surface area contributed by atoms with E-state index in [4.69, 9.17) is 27.0 Å². The average molecular weight is 733 g/mol. The summed E-state index contributed by atoms with van der Waals surface area (Å²) in [4.78, 5) is 90.0. The zero-order chi connectivity index (χ0) is 33.1. The normalized spacial score (nSPS) is 19.8. The zero-order valence-corrected chi connectivity index (χ0v) is 25.5. The van der Waals surface area contributed by atoms with Crippen molar-refractivity contribution in [3.05, 3.63) is 31.4 Å². The number of carboxylic acids is 1. The highest BCUT2D eigenvalue weighted by Crippen LogP contribution is 2.31. The van der Waals surface area contributed by atoms with E-state index < -0.39 is 76.7 Å². The molecule has 1 aromatic rings. The van der Waals surface area contributed by atoms with Crippen molar-refractivity contribution in [2.75, 3.05) is 13.2 Å². The molecule has 1 unspecified atom stereocenters. The predicted molar refractivity (Wildman–Crippen MR) is 160 cm³/mol. The number of rotatable bonds is 10. The summed E-state index contributed by atoms with van der Waals surface area (Å²) in [6.45, 7) is 1.07. The number of carbonyl (C=O) groups excluding carboxylic acids is 5. The number of fused-ring (bicyclic) bond motifs is 1. The SMILES string of the molecule is C[C@@H]1NC(=O)[C@H](CCCN=C(N)N)NC(=O)c2cc([N+](=O)[O-])cc(I)c2OCC[C@@H](C(=O)NC(CC(=O)O)C(N)=O)NC1=O. The molecule has 0 saturated heterocycles. The highest BCUT2D eigenvalue weighted by molar-refractivity contribution is 14.1. The maximum absolute atomic E-state index is 13.4. The minimum absolute atomic E-state index is 0.00594. The molecule has 0 bridgehead atoms. The summed E-state index contributed by atoms with van der Waals surface area (Å²) >= 11 is 1.71. The number of halogens is 1. The summed E-state index contributed by atoms with van der Waals surface area (Å²) in [6, 6.07) is -3.43. The van der Waals surface area contributed by atoms with Gasteiger partial charge in [-0.2, -0.15) is 0 Å². The number of aliphatic imine (C=N–C) groups is 1. The molecule has 240 valence electrons. The average Bonchev–Trinajstić information content (AvgIpc) is 2.92. The van der Waals surface area contributed by atoms with Gasteiger partial charge in [-0.25, -0.2) is 0 Å². The Morgan fingerprint density at radius 3 is 2.45 bits per heavy atom. The Kier molecular flexibility index (Phi) is 13.0. The van der Waals surface area contributed by atoms with Crippen LogP contribution in [-0.2, 0) is 24.0 Å². The number of aliphatic carboxylic acids is 1. The lowest BCUT2D eigenvalue weighted by Crippen LogP contribution is -2.58. The fourth-order valence-electron chi connectivity index (χ4n) is 3.90. The van der Waals surface area contributed by atoms with Gasteiger partial charge in [0.25, 0.3) is 11.6 Å². The van der Waals surface area contributed by atoms with Crippen LogP contribution in [0, 0.1) is 13.7 Å². The van der Waals surface area contributed by atoms with Gasteiger partial charge in [-0.3, -0.25) is 43.9 Å². The third kappa shape index (κ3) is 10.5. The number of amides is 5. The largest absolute Gasteiger partial charge is 0.492 e. The molecular weight excluding hydrogens is 701 g/mol. The third-order valence-electron chi connectivity index (χ3n) is 6.13. The van der Waals surface area contributed by atoms with Crippen LogP contribution in [0.5, 0.6) is 5.75 Å². The highest BCUT2D eigenvalue weighted by Gasteiger charge is 2.32. The molecule has 1 aliphatic heterocycles. The van der Waals surface area contributed by atoms with Crippen molar-refractivity contribution in [2.45, 2.75) is 56.8 Å². The second kappa shape index (κ2) is 16.2. The second-order valence-corrected chi connectivity index (χ2v) is 10.7. The van der Waals surface area contributed by atoms with E-state index in [0.29, 0.717) is 0 Å². The minimum Gasteiger partial charge on any atom is -0.492 e. The second-order valence-electron chi connectivity index (χ2n) is 9.53. The van der Waals surface area contributed by atoms with E-state index in [-0.39, 0.29) is 53.3 Å². The van der Waals surface area contributed by atoms with Gasteiger partial charge in [0.05, 0.1) is 27.1 Å². The van der Waals surface area contributed by atoms with Gasteiger partial charge in [-0.1, -0.05) is 0 Å². The molecule has 0 saturated carbocycles. The van der Waals surface area contributed by atoms with Crippen LogP contribution in [0.25, 0.3) is 0 Å². The van der Waals surface area contributed by atoms with Gasteiger partial charge in [0, 0.05) is 25.1 Å². The minimum atomic E-state index is -1.60. The number of nitrogens with two attached hydrogens (primary N) is 3. The molecule has 0 fully saturated rings. The van der Waals surface area contributed by atoms with Gasteiger partial charge in [0.2, 0.25) is 23.6 Å². The topological polar surface area (TPSA) is 314 Å². The van der Waals surface area contributed by atoms with Gasteiger partial charge < -0.3 is 48.3 Å². The number of ether oxygens (including phenoxy) is 1. The molecular formula is C24H32IN9O10. The molecule has 20 heteroatoms. The van der Waals surface area contributed by atoms with E-state index in [0.717, 1.165) is 12.1 Å². The molecule has 5 amide bonds. The van der Waals surface area contributed by atoms with E-state index in [1.54, 1.807) is 22.6 Å². The first-order valence-corrected chi connectivity index (χ1v) is 14.1. The summed E-state index contributed by atoms with van der Waals surface area (Å²) in [5, 5.41) is 30.1. The van der Waals surface area contributed by atoms with Crippen molar-refractivity contribution in [1.29, 1.82) is 0 Å². The van der Waals surface area contributed by atoms with E-state index in [1.807, 2.05) is 0 Å². The number of non-ortho nitro benzene ring substituents is 1. The molecule has 0 spiro atoms. The fourth-order valence-corrected chi connectivity index (χ4v) is 4.67. The third-order valence-corrected chi connectivity index (χ3v) is 6.93. The van der Waals surface area contributed by atoms with Gasteiger partial charge in [-0.05, 0) is 42.4 Å². The van der Waals surface area contributed by atoms with E-state index in [1.165, 1.54) is 6.92 Å². The Bertz CT molecular complexity index is 1350. The van der Waals surface area contributed by atoms with Crippen LogP contribution in [-0.4, -0.2) is 88.8 Å². The van der Waals surface area contributed by atoms with Crippen LogP contribution in [0.15, 0.2) is 17.1 Å². The van der Waals surface area contributed by atoms with E-state index in [2.05, 4.69) is 26.3 Å². The van der Waals surface area contributed by atoms with Crippen LogP contribution >= 0.6 is 22.6 Å². The Morgan fingerprint density at radius 2 is 1.86 bits per heavy atom. The van der Waals surface area contributed by atoms with Gasteiger partial charge >= 0.3 is 5.97 Å². The molecule has 0 aromatic heterocycles. The van der Waals surface area contributed by atoms with Crippen molar-refractivity contribution in [3.63, 3.8) is 0 Å². The van der Waals surface area contributed by atoms with Crippen LogP contribution in [0.4, 0.5) is 5.69 Å². The van der Waals surface area contributed by atoms with Crippen molar-refractivity contribution in [2.24, 2.45) is 22.2 Å². The molecule has 11 N–H and O–H groups in total. The number of nitro benzene ring substituents is 1. The molecule has 1 aromatic carbocycles. The molecule has 0 aliphatic carbocycles. The first kappa shape index (κ1) is 35.4. The summed E-state index contributed by atoms with van der Waals surface area (Å²) in [5.74, 6) is -6.36. The Labute approximate surface area is 263 Å². The summed E-state index contributed by atoms with van der Waals surface area (Å²) in [5.41, 5.74) is 15.1. The first-order valence-electron chi connectivity index (χ1n) is 13.0. The number of hydrogen-bond acceptors (Lipinski definition) is 10. The van der Waals surface area contributed by atoms with Crippen LogP contribution in [0.1, 0.15) is 43.0 Å². The molecule has 1 aliphatic rings. The number of guanidine groups is 1. The number of nitro groups is 1. The lowest BCUT2D eigenvalue weighted by atomic mass is 10.1. The Balaban J connectivity index is 2.50. The number of nitrogens with one attached hydrogen (secondary N) is 4. The van der Waals surface area contributed by atoms with Gasteiger partial charge in [0.1, 0.15) is 29.9 Å². The number of nitrogens with zero attached hydrogens (tertiary/aromatic N) is 2. The van der Waals surface area contributed by atoms with Crippen molar-refractivity contribution < 1.29 is 43.5 Å². The quantitative estimate of drug-likeness (QED) is 0.0311. The van der Waals surface area contributed by atoms with Crippen LogP contribution < -0.4 is 43.2 Å². The summed E-state index contributed by atoms with van der Waals surface area (Å²) < 4.78 is 5.91. The number of carbonyl (C=O) groups is 6. The van der Waals surface area contributed by atoms with E-state index in [9.17, 15) is 38.9 Å². The van der Waals surface area contributed by atoms with E-state index >= 15 is 0 Å². The standard InChI is InChI=1S/C24H32IN9O10/c1-10-20(38)31-15(23(41)33-16(19(26)37)9-17(35)36)4-6-44-18-12(7-11(34(42)43)8-13(18)25)21(39)32-14(22(40)30-10)3-2-5-29-24(27)28/h7-8,10,14-16H,2-6,9H2,1H3,(H2,26,37)(H,30,40)(H,31,38)(H,32,39)(H,33,41)(H,35,36)(H4,27,28,29)/t10-,14-,15-,16?/m0/s1. The molecule has 4 atom stereocenters. The molecule has 2 rings (SSSR count). The lowest BCUT2D eigenvalue weighted by Gasteiger charge is -2.26. The van der Waals surface area contributed by atoms with Crippen LogP contribution in [0.2, 0.25) is 0 Å². The van der Waals surface area contributed by atoms with Crippen molar-refractivity contribution >= 4 is 69.7 Å². The smallest absolute Gasteiger partial charge is 0.305 e. The highest BCUT2D eigenvalue weighted by atomic mass is 127. The predicted octanol–water partition coefficient (Wildman–Crippen LogP) is -2.43. The summed E-state index contributed by atoms with van der Waals surface area (Å²) in [6.07, 6.45) is -0.895. The maximum atomic E-state index is 13.4. The monoisotopic (exact) mass is 733 g/mol. The number of hydrogen-bond donors (Lipinski definition) is 8. The maximum Gasteiger partial charge on any atom is 0.305 e. The van der Waals surface area contributed by atoms with Gasteiger partial charge in [0.15, 0.2) is 5.96 Å². The number of benzene rings is 1. The molecule has 19 nitrogen and oxygen atoms in total. The number of carboxylic acid groups (broad SMARTS) is 1. The summed E-state index contributed by atoms with van der Waals surface area (Å²) in [7, 11) is 0. The Hall–Kier alpha value is -4.76. The molecule has 44 heavy (non-hydrogen) atoms. The Morgan fingerprint density at radius 1 is 1.18 bits per heavy atom. The number of primary amides is 1. The van der Waals surface area contributed by atoms with Gasteiger partial charge in [-0.15, -0.1) is 0 Å². The first-order chi connectivity index (χ1) is 20.6. The van der Waals surface area contributed by atoms with Crippen molar-refractivity contribution in [3.8, 4) is 5.75 Å².